The SMILES string of the molecule is [B]NC(=O)CCCCCN1C(=CC=C2CCCC(C=CC3=[N+](CCCCS(=O)(=O)[O-])c4ccc5ccccc5c4C3(C)C)=C2Oc2ccc(S(=O)(=O)[O-])cc2)C(C)(C)c2cc(F)ccc21.[B]NC(=O)CCCCC[N+]1=C(C=CC2=C(Oc3ccc(S(=O)(=O)[O-])cc3)C(=CC=C3N(CCCCS(=O)(=O)[O-])c4ccccc4C3(C)C)CCC2)C(C)(C)c2ccccc21.[Na+].[Na+]. The van der Waals surface area contributed by atoms with E-state index in [1.807, 2.05) is 42.5 Å². The minimum Gasteiger partial charge on any atom is -0.748 e. The fourth-order valence-electron chi connectivity index (χ4n) is 18.1. The molecule has 7 aromatic carbocycles. The summed E-state index contributed by atoms with van der Waals surface area (Å²) in [5.41, 5.74) is 14.5. The van der Waals surface area contributed by atoms with Gasteiger partial charge in [0.15, 0.2) is 11.4 Å². The molecule has 656 valence electrons. The van der Waals surface area contributed by atoms with Crippen LogP contribution < -0.4 is 88.8 Å². The number of ether oxygens (including phenoxy) is 2. The van der Waals surface area contributed by atoms with Crippen LogP contribution in [0.2, 0.25) is 0 Å². The quantitative estimate of drug-likeness (QED) is 0.0164. The molecule has 2 aliphatic carbocycles. The number of fused-ring (bicyclic) bond motifs is 6. The summed E-state index contributed by atoms with van der Waals surface area (Å²) in [5.74, 6) is 0.400. The fourth-order valence-corrected chi connectivity index (χ4v) is 20.2. The molecule has 127 heavy (non-hydrogen) atoms. The minimum absolute atomic E-state index is 0. The number of amides is 2. The molecule has 0 unspecified atom stereocenters. The van der Waals surface area contributed by atoms with Gasteiger partial charge in [-0.3, -0.25) is 9.59 Å². The molecule has 0 spiro atoms. The van der Waals surface area contributed by atoms with Crippen LogP contribution in [0.4, 0.5) is 27.1 Å². The van der Waals surface area contributed by atoms with Crippen molar-refractivity contribution in [1.29, 1.82) is 0 Å². The van der Waals surface area contributed by atoms with Crippen LogP contribution in [-0.2, 0) is 71.7 Å². The van der Waals surface area contributed by atoms with Gasteiger partial charge < -0.3 is 47.9 Å². The van der Waals surface area contributed by atoms with E-state index in [4.69, 9.17) is 25.4 Å². The van der Waals surface area contributed by atoms with Crippen molar-refractivity contribution < 1.29 is 144 Å². The Balaban J connectivity index is 0.000000262. The van der Waals surface area contributed by atoms with Gasteiger partial charge in [0.2, 0.25) is 39.2 Å². The Bertz CT molecular complexity index is 6120. The standard InChI is InChI=1S/C50H55BFN3O8S2.C46H54BN3O8S2.2Na/c1-49(2)41-33-37(52)21-27-42(41)54(30-9-5-6-17-46(56)53-51)44(49)28-19-35-14-12-15-36(48(35)63-38-22-24-39(25-23-38)65(60,61)62)20-29-45-50(3,4)47-40-16-8-7-13-34(40)18-26-43(47)55(45)31-10-11-32-64(57,58)59;1-45(2)37-17-7-9-19-39(37)49(30-11-5-6-21-43(51)48-47)41(45)28-22-33-15-14-16-34(44(33)58-35-24-26-36(27-25-35)60(55,56)57)23-29-42-46(3,4)38-18-8-10-20-40(38)50(42)31-12-13-32-59(52,53)54;;/h7-8,13,16,18-29,33H,5-6,9-12,14-15,17,30-32H2,1-4H3,(H2-,53,56,57,58,59,60,61,62);7-10,17-20,22-29H,5-6,11-16,21,30-32H2,1-4H3,(H2-,48,51,52,53,54,55,56,57);;/q;;2*+1/p-2. The summed E-state index contributed by atoms with van der Waals surface area (Å²) < 4.78 is 172. The first-order valence-electron chi connectivity index (χ1n) is 42.6. The van der Waals surface area contributed by atoms with Gasteiger partial charge in [0.1, 0.15) is 62.2 Å². The number of benzene rings is 7. The van der Waals surface area contributed by atoms with Crippen molar-refractivity contribution in [3.63, 3.8) is 0 Å². The number of nitrogens with one attached hydrogen (secondary N) is 2. The summed E-state index contributed by atoms with van der Waals surface area (Å²) in [6.07, 6.45) is 28.0. The number of allylic oxidation sites excluding steroid dienone is 14. The average molecular weight is 1820 g/mol. The molecule has 0 saturated carbocycles. The molecule has 4 radical (unpaired) electrons. The third-order valence-corrected chi connectivity index (χ3v) is 27.8. The van der Waals surface area contributed by atoms with Gasteiger partial charge in [-0.2, -0.15) is 9.15 Å². The smallest absolute Gasteiger partial charge is 0.748 e. The number of halogens is 1. The molecule has 13 rings (SSSR count). The first kappa shape index (κ1) is 101. The first-order chi connectivity index (χ1) is 59.2. The zero-order valence-electron chi connectivity index (χ0n) is 74.0. The number of para-hydroxylation sites is 2. The summed E-state index contributed by atoms with van der Waals surface area (Å²) >= 11 is 0. The molecule has 0 saturated heterocycles. The van der Waals surface area contributed by atoms with E-state index in [2.05, 4.69) is 182 Å². The van der Waals surface area contributed by atoms with Gasteiger partial charge in [-0.05, 0) is 259 Å². The Morgan fingerprint density at radius 3 is 1.42 bits per heavy atom. The Hall–Kier alpha value is -8.10. The van der Waals surface area contributed by atoms with E-state index < -0.39 is 62.8 Å². The molecular formula is C96H107B2FN6Na2O16S4. The number of unbranched alkanes of at least 4 members (excludes halogenated alkanes) is 6. The molecule has 6 aliphatic rings. The van der Waals surface area contributed by atoms with Crippen LogP contribution in [0.1, 0.15) is 193 Å². The monoisotopic (exact) mass is 1810 g/mol. The van der Waals surface area contributed by atoms with Crippen molar-refractivity contribution >= 4 is 113 Å². The molecule has 0 atom stereocenters. The topological polar surface area (TPSA) is 318 Å². The molecule has 22 nitrogen and oxygen atoms in total. The Kier molecular flexibility index (Phi) is 34.1. The maximum Gasteiger partial charge on any atom is 1.00 e. The summed E-state index contributed by atoms with van der Waals surface area (Å²) in [6, 6.07) is 44.7. The average Bonchev–Trinajstić information content (AvgIpc) is 1.57. The molecular weight excluding hydrogens is 1710 g/mol. The van der Waals surface area contributed by atoms with Gasteiger partial charge in [-0.1, -0.05) is 107 Å². The van der Waals surface area contributed by atoms with Crippen molar-refractivity contribution in [1.82, 2.24) is 10.5 Å². The van der Waals surface area contributed by atoms with E-state index in [0.29, 0.717) is 94.0 Å². The summed E-state index contributed by atoms with van der Waals surface area (Å²) in [6.45, 7) is 19.7. The summed E-state index contributed by atoms with van der Waals surface area (Å²) in [5, 5.41) is 6.59. The van der Waals surface area contributed by atoms with Crippen molar-refractivity contribution in [2.75, 3.05) is 47.5 Å². The van der Waals surface area contributed by atoms with Crippen LogP contribution in [0.25, 0.3) is 10.8 Å². The fraction of sp³-hybridized carbons (Fsp3) is 0.375. The summed E-state index contributed by atoms with van der Waals surface area (Å²) in [4.78, 5) is 27.2. The van der Waals surface area contributed by atoms with E-state index in [1.54, 1.807) is 6.07 Å². The van der Waals surface area contributed by atoms with E-state index in [9.17, 15) is 65.9 Å². The van der Waals surface area contributed by atoms with E-state index in [-0.39, 0.29) is 110 Å². The van der Waals surface area contributed by atoms with Gasteiger partial charge in [-0.15, -0.1) is 0 Å². The van der Waals surface area contributed by atoms with Crippen LogP contribution in [0.3, 0.4) is 0 Å². The van der Waals surface area contributed by atoms with Gasteiger partial charge in [0.25, 0.3) is 0 Å². The zero-order valence-corrected chi connectivity index (χ0v) is 81.3. The largest absolute Gasteiger partial charge is 1.00 e. The third kappa shape index (κ3) is 24.4. The molecule has 31 heteroatoms. The Morgan fingerprint density at radius 1 is 0.457 bits per heavy atom. The molecule has 7 aromatic rings. The minimum atomic E-state index is -4.69. The van der Waals surface area contributed by atoms with Crippen molar-refractivity contribution in [3.8, 4) is 11.5 Å². The zero-order chi connectivity index (χ0) is 90.0. The third-order valence-electron chi connectivity index (χ3n) is 24.5. The van der Waals surface area contributed by atoms with Crippen LogP contribution in [-0.4, -0.2) is 138 Å². The predicted molar refractivity (Wildman–Crippen MR) is 484 cm³/mol. The number of hydrogen-bond donors (Lipinski definition) is 2. The van der Waals surface area contributed by atoms with Gasteiger partial charge in [-0.25, -0.2) is 38.1 Å². The van der Waals surface area contributed by atoms with Crippen molar-refractivity contribution in [3.05, 3.63) is 274 Å². The number of hydrogen-bond acceptors (Lipinski definition) is 18. The van der Waals surface area contributed by atoms with E-state index in [1.165, 1.54) is 60.2 Å². The Morgan fingerprint density at radius 2 is 0.898 bits per heavy atom. The second-order valence-electron chi connectivity index (χ2n) is 34.6. The molecule has 0 bridgehead atoms. The molecule has 4 aliphatic heterocycles. The van der Waals surface area contributed by atoms with Gasteiger partial charge >= 0.3 is 59.1 Å². The second-order valence-corrected chi connectivity index (χ2v) is 40.4. The predicted octanol–water partition coefficient (Wildman–Crippen LogP) is 10.8. The van der Waals surface area contributed by atoms with E-state index >= 15 is 0 Å². The molecule has 2 amide bonds. The number of carbonyl (C=O) groups is 2. The maximum atomic E-state index is 14.8. The van der Waals surface area contributed by atoms with Gasteiger partial charge in [0.05, 0.1) is 40.9 Å². The van der Waals surface area contributed by atoms with Gasteiger partial charge in [0, 0.05) is 119 Å². The summed E-state index contributed by atoms with van der Waals surface area (Å²) in [7, 11) is -7.46. The molecule has 0 fully saturated rings. The normalized spacial score (nSPS) is 18.2. The van der Waals surface area contributed by atoms with Crippen LogP contribution >= 0.6 is 0 Å². The Labute approximate surface area is 795 Å². The molecule has 2 N–H and O–H groups in total. The molecule has 0 aromatic heterocycles. The number of anilines is 2. The second kappa shape index (κ2) is 42.9. The van der Waals surface area contributed by atoms with E-state index in [0.717, 1.165) is 153 Å². The van der Waals surface area contributed by atoms with Crippen molar-refractivity contribution in [2.45, 2.75) is 202 Å². The maximum absolute atomic E-state index is 14.8. The number of carbonyl (C=O) groups excluding carboxylic acids is 2. The van der Waals surface area contributed by atoms with Crippen LogP contribution in [0.15, 0.2) is 255 Å². The van der Waals surface area contributed by atoms with Crippen LogP contribution in [0.5, 0.6) is 11.5 Å². The number of rotatable bonds is 34. The first-order valence-corrected chi connectivity index (χ1v) is 48.5. The molecule has 4 heterocycles. The number of nitrogens with zero attached hydrogens (tertiary/aromatic N) is 4. The van der Waals surface area contributed by atoms with Crippen LogP contribution in [0, 0.1) is 5.82 Å². The van der Waals surface area contributed by atoms with Crippen molar-refractivity contribution in [2.24, 2.45) is 0 Å².